The maximum absolute atomic E-state index is 12.7. The van der Waals surface area contributed by atoms with Crippen LogP contribution in [0.1, 0.15) is 73.0 Å². The number of H-pyrrole nitrogens is 1. The van der Waals surface area contributed by atoms with Crippen LogP contribution in [0.25, 0.3) is 6.08 Å². The smallest absolute Gasteiger partial charge is 0.340 e. The average Bonchev–Trinajstić information content (AvgIpc) is 2.89. The summed E-state index contributed by atoms with van der Waals surface area (Å²) < 4.78 is 5.90. The quantitative estimate of drug-likeness (QED) is 0.820. The van der Waals surface area contributed by atoms with Gasteiger partial charge in [-0.15, -0.1) is 0 Å². The van der Waals surface area contributed by atoms with E-state index in [1.54, 1.807) is 0 Å². The molecule has 1 aliphatic heterocycles. The second-order valence-electron chi connectivity index (χ2n) is 7.46. The van der Waals surface area contributed by atoms with E-state index in [0.717, 1.165) is 31.4 Å². The number of allylic oxidation sites excluding steroid dienone is 1. The Morgan fingerprint density at radius 3 is 3.13 bits per heavy atom. The molecular weight excluding hydrogens is 288 g/mol. The Kier molecular flexibility index (Phi) is 4.02. The Morgan fingerprint density at radius 1 is 1.30 bits per heavy atom. The molecule has 2 N–H and O–H groups in total. The zero-order valence-electron chi connectivity index (χ0n) is 13.8. The molecule has 2 bridgehead atoms. The molecule has 0 spiro atoms. The number of carbonyl (C=O) groups excluding carboxylic acids is 1. The lowest BCUT2D eigenvalue weighted by Crippen LogP contribution is -2.39. The number of esters is 1. The lowest BCUT2D eigenvalue weighted by Gasteiger charge is -2.32. The van der Waals surface area contributed by atoms with Gasteiger partial charge >= 0.3 is 5.97 Å². The molecule has 0 aromatic carbocycles. The number of aromatic nitrogens is 1. The lowest BCUT2D eigenvalue weighted by atomic mass is 9.82. The first kappa shape index (κ1) is 15.0. The summed E-state index contributed by atoms with van der Waals surface area (Å²) in [4.78, 5) is 15.9. The van der Waals surface area contributed by atoms with Gasteiger partial charge in [-0.3, -0.25) is 0 Å². The van der Waals surface area contributed by atoms with Crippen molar-refractivity contribution in [2.24, 2.45) is 5.92 Å². The molecule has 2 aliphatic carbocycles. The molecule has 4 atom stereocenters. The summed E-state index contributed by atoms with van der Waals surface area (Å²) in [6.07, 6.45) is 12.9. The molecule has 2 heterocycles. The summed E-state index contributed by atoms with van der Waals surface area (Å²) in [5, 5.41) is 3.60. The van der Waals surface area contributed by atoms with E-state index in [1.807, 2.05) is 6.20 Å². The lowest BCUT2D eigenvalue weighted by molar-refractivity contribution is 0.0103. The maximum Gasteiger partial charge on any atom is 0.340 e. The number of carbonyl (C=O) groups is 1. The molecule has 1 aromatic rings. The number of hydrogen-bond acceptors (Lipinski definition) is 3. The Bertz CT molecular complexity index is 605. The Hall–Kier alpha value is -1.55. The number of rotatable bonds is 2. The van der Waals surface area contributed by atoms with Gasteiger partial charge in [-0.25, -0.2) is 4.79 Å². The van der Waals surface area contributed by atoms with Gasteiger partial charge in [0.15, 0.2) is 0 Å². The molecular formula is C19H26N2O2. The summed E-state index contributed by atoms with van der Waals surface area (Å²) in [6.45, 7) is 3.29. The minimum absolute atomic E-state index is 0.0624. The molecule has 4 unspecified atom stereocenters. The van der Waals surface area contributed by atoms with Gasteiger partial charge in [0.25, 0.3) is 0 Å². The zero-order valence-corrected chi connectivity index (χ0v) is 13.8. The van der Waals surface area contributed by atoms with Crippen LogP contribution in [0.5, 0.6) is 0 Å². The highest BCUT2D eigenvalue weighted by atomic mass is 16.5. The molecule has 23 heavy (non-hydrogen) atoms. The standard InChI is InChI=1S/C19H26N2O2/c1-12-4-2-6-16-17(11-21-18(12)16)19(22)23-15-9-13-5-3-7-20-14(8-13)10-15/h2,6,11-15,20-21H,3-5,7-10H2,1H3. The number of ether oxygens (including phenoxy) is 1. The highest BCUT2D eigenvalue weighted by molar-refractivity contribution is 5.94. The van der Waals surface area contributed by atoms with Gasteiger partial charge in [0.05, 0.1) is 5.56 Å². The summed E-state index contributed by atoms with van der Waals surface area (Å²) in [6, 6.07) is 0.522. The van der Waals surface area contributed by atoms with Crippen molar-refractivity contribution < 1.29 is 9.53 Å². The second kappa shape index (κ2) is 6.16. The zero-order chi connectivity index (χ0) is 15.8. The predicted octanol–water partition coefficient (Wildman–Crippen LogP) is 3.61. The van der Waals surface area contributed by atoms with Crippen LogP contribution in [0, 0.1) is 5.92 Å². The third-order valence-electron chi connectivity index (χ3n) is 5.70. The predicted molar refractivity (Wildman–Crippen MR) is 90.4 cm³/mol. The van der Waals surface area contributed by atoms with Crippen molar-refractivity contribution in [1.82, 2.24) is 10.3 Å². The number of nitrogens with one attached hydrogen (secondary N) is 2. The first-order valence-corrected chi connectivity index (χ1v) is 9.03. The Balaban J connectivity index is 1.47. The van der Waals surface area contributed by atoms with E-state index in [1.165, 1.54) is 25.0 Å². The van der Waals surface area contributed by atoms with Gasteiger partial charge < -0.3 is 15.0 Å². The molecule has 0 amide bonds. The van der Waals surface area contributed by atoms with Gasteiger partial charge in [-0.05, 0) is 51.0 Å². The molecule has 124 valence electrons. The number of aromatic amines is 1. The second-order valence-corrected chi connectivity index (χ2v) is 7.46. The van der Waals surface area contributed by atoms with E-state index in [0.29, 0.717) is 23.4 Å². The average molecular weight is 314 g/mol. The molecule has 1 aromatic heterocycles. The highest BCUT2D eigenvalue weighted by Crippen LogP contribution is 2.34. The summed E-state index contributed by atoms with van der Waals surface area (Å²) >= 11 is 0. The topological polar surface area (TPSA) is 54.1 Å². The van der Waals surface area contributed by atoms with Crippen LogP contribution in [0.2, 0.25) is 0 Å². The van der Waals surface area contributed by atoms with Crippen molar-refractivity contribution in [3.63, 3.8) is 0 Å². The highest BCUT2D eigenvalue weighted by Gasteiger charge is 2.33. The van der Waals surface area contributed by atoms with Crippen LogP contribution in [-0.4, -0.2) is 29.6 Å². The Morgan fingerprint density at radius 2 is 2.22 bits per heavy atom. The van der Waals surface area contributed by atoms with Crippen molar-refractivity contribution >= 4 is 12.0 Å². The largest absolute Gasteiger partial charge is 0.459 e. The van der Waals surface area contributed by atoms with Crippen LogP contribution in [-0.2, 0) is 4.74 Å². The monoisotopic (exact) mass is 314 g/mol. The van der Waals surface area contributed by atoms with E-state index >= 15 is 0 Å². The van der Waals surface area contributed by atoms with Crippen LogP contribution in [0.3, 0.4) is 0 Å². The van der Waals surface area contributed by atoms with Gasteiger partial charge in [0.1, 0.15) is 6.10 Å². The van der Waals surface area contributed by atoms with Gasteiger partial charge in [0, 0.05) is 29.4 Å². The molecule has 4 heteroatoms. The SMILES string of the molecule is CC1CC=Cc2c(C(=O)OC3CC4CCCNC(C4)C3)c[nH]c21. The van der Waals surface area contributed by atoms with Crippen LogP contribution in [0.4, 0.5) is 0 Å². The van der Waals surface area contributed by atoms with Crippen molar-refractivity contribution in [1.29, 1.82) is 0 Å². The fraction of sp³-hybridized carbons (Fsp3) is 0.632. The molecule has 2 fully saturated rings. The minimum Gasteiger partial charge on any atom is -0.459 e. The van der Waals surface area contributed by atoms with Crippen molar-refractivity contribution in [3.8, 4) is 0 Å². The molecule has 3 aliphatic rings. The van der Waals surface area contributed by atoms with Gasteiger partial charge in [-0.1, -0.05) is 19.1 Å². The van der Waals surface area contributed by atoms with E-state index in [9.17, 15) is 4.79 Å². The molecule has 4 nitrogen and oxygen atoms in total. The first-order chi connectivity index (χ1) is 11.2. The fourth-order valence-corrected chi connectivity index (χ4v) is 4.51. The van der Waals surface area contributed by atoms with Gasteiger partial charge in [0.2, 0.25) is 0 Å². The number of fused-ring (bicyclic) bond motifs is 3. The molecule has 0 radical (unpaired) electrons. The van der Waals surface area contributed by atoms with E-state index in [4.69, 9.17) is 4.74 Å². The summed E-state index contributed by atoms with van der Waals surface area (Å²) in [5.41, 5.74) is 2.89. The van der Waals surface area contributed by atoms with Gasteiger partial charge in [-0.2, -0.15) is 0 Å². The van der Waals surface area contributed by atoms with E-state index in [2.05, 4.69) is 29.4 Å². The van der Waals surface area contributed by atoms with Crippen LogP contribution < -0.4 is 5.32 Å². The van der Waals surface area contributed by atoms with Crippen LogP contribution in [0.15, 0.2) is 12.3 Å². The normalized spacial score (nSPS) is 32.9. The molecule has 1 saturated heterocycles. The van der Waals surface area contributed by atoms with Crippen molar-refractivity contribution in [2.75, 3.05) is 6.54 Å². The van der Waals surface area contributed by atoms with Crippen LogP contribution >= 0.6 is 0 Å². The fourth-order valence-electron chi connectivity index (χ4n) is 4.51. The maximum atomic E-state index is 12.7. The first-order valence-electron chi connectivity index (χ1n) is 9.03. The van der Waals surface area contributed by atoms with Crippen molar-refractivity contribution in [2.45, 2.75) is 63.5 Å². The third-order valence-corrected chi connectivity index (χ3v) is 5.70. The summed E-state index contributed by atoms with van der Waals surface area (Å²) in [5.74, 6) is 0.991. The molecule has 1 saturated carbocycles. The van der Waals surface area contributed by atoms with E-state index in [-0.39, 0.29) is 12.1 Å². The third kappa shape index (κ3) is 2.97. The molecule has 4 rings (SSSR count). The minimum atomic E-state index is -0.162. The number of hydrogen-bond donors (Lipinski definition) is 2. The van der Waals surface area contributed by atoms with Crippen molar-refractivity contribution in [3.05, 3.63) is 29.1 Å². The summed E-state index contributed by atoms with van der Waals surface area (Å²) in [7, 11) is 0. The van der Waals surface area contributed by atoms with E-state index < -0.39 is 0 Å². The Labute approximate surface area is 137 Å².